The lowest BCUT2D eigenvalue weighted by atomic mass is 10.2. The van der Waals surface area contributed by atoms with E-state index in [-0.39, 0.29) is 0 Å². The summed E-state index contributed by atoms with van der Waals surface area (Å²) in [6.07, 6.45) is 5.22. The van der Waals surface area contributed by atoms with Gasteiger partial charge in [0.25, 0.3) is 0 Å². The Morgan fingerprint density at radius 1 is 1.43 bits per heavy atom. The van der Waals surface area contributed by atoms with Gasteiger partial charge in [0.15, 0.2) is 0 Å². The van der Waals surface area contributed by atoms with Crippen LogP contribution in [0.1, 0.15) is 12.5 Å². The summed E-state index contributed by atoms with van der Waals surface area (Å²) in [5.41, 5.74) is 1.11. The van der Waals surface area contributed by atoms with E-state index >= 15 is 0 Å². The minimum Gasteiger partial charge on any atom is -0.328 e. The van der Waals surface area contributed by atoms with Crippen molar-refractivity contribution in [3.63, 3.8) is 0 Å². The average molecular weight is 187 g/mol. The summed E-state index contributed by atoms with van der Waals surface area (Å²) in [5, 5.41) is 4.61. The number of nitrogens with zero attached hydrogens (tertiary/aromatic N) is 2. The van der Waals surface area contributed by atoms with Gasteiger partial charge in [0.05, 0.1) is 0 Å². The van der Waals surface area contributed by atoms with Crippen LogP contribution in [-0.4, -0.2) is 22.6 Å². The summed E-state index contributed by atoms with van der Waals surface area (Å²) < 4.78 is 2.29. The van der Waals surface area contributed by atoms with Gasteiger partial charge in [-0.25, -0.2) is 4.98 Å². The zero-order valence-corrected chi connectivity index (χ0v) is 7.98. The van der Waals surface area contributed by atoms with Crippen LogP contribution in [0, 0.1) is 0 Å². The van der Waals surface area contributed by atoms with Gasteiger partial charge in [0.1, 0.15) is 5.65 Å². The predicted molar refractivity (Wildman–Crippen MR) is 56.3 cm³/mol. The van der Waals surface area contributed by atoms with E-state index < -0.39 is 0 Å². The van der Waals surface area contributed by atoms with E-state index in [9.17, 15) is 0 Å². The van der Waals surface area contributed by atoms with Crippen LogP contribution in [0.4, 0.5) is 0 Å². The van der Waals surface area contributed by atoms with Crippen molar-refractivity contribution < 1.29 is 0 Å². The normalized spacial score (nSPS) is 21.9. The molecule has 2 aromatic heterocycles. The van der Waals surface area contributed by atoms with Gasteiger partial charge < -0.3 is 9.88 Å². The molecule has 1 atom stereocenters. The van der Waals surface area contributed by atoms with Crippen LogP contribution < -0.4 is 5.32 Å². The Balaban J connectivity index is 2.11. The number of hydrogen-bond acceptors (Lipinski definition) is 2. The molecule has 1 unspecified atom stereocenters. The van der Waals surface area contributed by atoms with Crippen molar-refractivity contribution >= 4 is 11.0 Å². The smallest absolute Gasteiger partial charge is 0.140 e. The highest BCUT2D eigenvalue weighted by molar-refractivity contribution is 5.75. The quantitative estimate of drug-likeness (QED) is 0.734. The second-order valence-corrected chi connectivity index (χ2v) is 3.79. The van der Waals surface area contributed by atoms with Gasteiger partial charge in [0.2, 0.25) is 0 Å². The molecule has 72 valence electrons. The Morgan fingerprint density at radius 2 is 2.43 bits per heavy atom. The third kappa shape index (κ3) is 1.13. The highest BCUT2D eigenvalue weighted by Crippen LogP contribution is 2.21. The van der Waals surface area contributed by atoms with Crippen molar-refractivity contribution in [3.8, 4) is 0 Å². The van der Waals surface area contributed by atoms with E-state index in [0.29, 0.717) is 6.04 Å². The van der Waals surface area contributed by atoms with E-state index in [1.54, 1.807) is 0 Å². The maximum Gasteiger partial charge on any atom is 0.140 e. The zero-order chi connectivity index (χ0) is 9.38. The zero-order valence-electron chi connectivity index (χ0n) is 7.98. The Hall–Kier alpha value is -1.35. The number of fused-ring (bicyclic) bond motifs is 1. The topological polar surface area (TPSA) is 29.9 Å². The Bertz CT molecular complexity index is 440. The molecular weight excluding hydrogens is 174 g/mol. The van der Waals surface area contributed by atoms with Gasteiger partial charge in [-0.3, -0.25) is 0 Å². The van der Waals surface area contributed by atoms with Crippen molar-refractivity contribution in [3.05, 3.63) is 30.6 Å². The molecule has 0 amide bonds. The lowest BCUT2D eigenvalue weighted by Gasteiger charge is -2.11. The minimum absolute atomic E-state index is 0.586. The van der Waals surface area contributed by atoms with Crippen LogP contribution in [-0.2, 0) is 0 Å². The van der Waals surface area contributed by atoms with Gasteiger partial charge in [-0.2, -0.15) is 0 Å². The summed E-state index contributed by atoms with van der Waals surface area (Å²) in [7, 11) is 0. The van der Waals surface area contributed by atoms with Crippen molar-refractivity contribution in [2.45, 2.75) is 12.5 Å². The first-order valence-electron chi connectivity index (χ1n) is 5.07. The van der Waals surface area contributed by atoms with Gasteiger partial charge in [-0.15, -0.1) is 0 Å². The molecule has 2 aromatic rings. The molecule has 1 aliphatic rings. The first kappa shape index (κ1) is 8.00. The summed E-state index contributed by atoms with van der Waals surface area (Å²) in [4.78, 5) is 4.42. The molecule has 0 spiro atoms. The fourth-order valence-corrected chi connectivity index (χ4v) is 2.16. The SMILES string of the molecule is c1cnc2c(c1)ccn2C1CCNC1. The largest absolute Gasteiger partial charge is 0.328 e. The van der Waals surface area contributed by atoms with Gasteiger partial charge in [-0.1, -0.05) is 0 Å². The molecule has 1 N–H and O–H groups in total. The van der Waals surface area contributed by atoms with Gasteiger partial charge in [0, 0.05) is 30.4 Å². The van der Waals surface area contributed by atoms with Crippen LogP contribution in [0.5, 0.6) is 0 Å². The lowest BCUT2D eigenvalue weighted by Crippen LogP contribution is -2.12. The van der Waals surface area contributed by atoms with Crippen LogP contribution in [0.2, 0.25) is 0 Å². The molecule has 3 heterocycles. The number of rotatable bonds is 1. The number of aromatic nitrogens is 2. The molecule has 1 aliphatic heterocycles. The molecule has 0 radical (unpaired) electrons. The number of hydrogen-bond donors (Lipinski definition) is 1. The minimum atomic E-state index is 0.586. The van der Waals surface area contributed by atoms with Crippen LogP contribution in [0.25, 0.3) is 11.0 Å². The van der Waals surface area contributed by atoms with Crippen LogP contribution in [0.3, 0.4) is 0 Å². The van der Waals surface area contributed by atoms with Gasteiger partial charge in [-0.05, 0) is 31.2 Å². The molecule has 1 saturated heterocycles. The summed E-state index contributed by atoms with van der Waals surface area (Å²) in [6, 6.07) is 6.82. The molecule has 3 heteroatoms. The molecule has 0 saturated carbocycles. The molecular formula is C11H13N3. The van der Waals surface area contributed by atoms with Gasteiger partial charge >= 0.3 is 0 Å². The molecule has 1 fully saturated rings. The Labute approximate surface area is 82.8 Å². The third-order valence-corrected chi connectivity index (χ3v) is 2.90. The summed E-state index contributed by atoms with van der Waals surface area (Å²) in [6.45, 7) is 2.19. The summed E-state index contributed by atoms with van der Waals surface area (Å²) in [5.74, 6) is 0. The standard InChI is InChI=1S/C11H13N3/c1-2-9-4-7-14(11(9)13-5-1)10-3-6-12-8-10/h1-2,4-5,7,10,12H,3,6,8H2. The van der Waals surface area contributed by atoms with E-state index in [4.69, 9.17) is 0 Å². The lowest BCUT2D eigenvalue weighted by molar-refractivity contribution is 0.562. The first-order chi connectivity index (χ1) is 6.95. The molecule has 3 nitrogen and oxygen atoms in total. The molecule has 0 aromatic carbocycles. The Morgan fingerprint density at radius 3 is 3.29 bits per heavy atom. The maximum atomic E-state index is 4.42. The third-order valence-electron chi connectivity index (χ3n) is 2.90. The van der Waals surface area contributed by atoms with E-state index in [0.717, 1.165) is 18.7 Å². The number of nitrogens with one attached hydrogen (secondary N) is 1. The second kappa shape index (κ2) is 3.10. The highest BCUT2D eigenvalue weighted by Gasteiger charge is 2.17. The number of pyridine rings is 1. The monoisotopic (exact) mass is 187 g/mol. The molecule has 14 heavy (non-hydrogen) atoms. The summed E-state index contributed by atoms with van der Waals surface area (Å²) >= 11 is 0. The van der Waals surface area contributed by atoms with Crippen molar-refractivity contribution in [1.29, 1.82) is 0 Å². The van der Waals surface area contributed by atoms with Crippen molar-refractivity contribution in [1.82, 2.24) is 14.9 Å². The maximum absolute atomic E-state index is 4.42. The fourth-order valence-electron chi connectivity index (χ4n) is 2.16. The molecule has 0 aliphatic carbocycles. The van der Waals surface area contributed by atoms with Crippen LogP contribution in [0.15, 0.2) is 30.6 Å². The first-order valence-corrected chi connectivity index (χ1v) is 5.07. The van der Waals surface area contributed by atoms with Crippen LogP contribution >= 0.6 is 0 Å². The fraction of sp³-hybridized carbons (Fsp3) is 0.364. The predicted octanol–water partition coefficient (Wildman–Crippen LogP) is 1.57. The Kier molecular flexibility index (Phi) is 1.77. The molecule has 0 bridgehead atoms. The molecule has 3 rings (SSSR count). The van der Waals surface area contributed by atoms with E-state index in [1.807, 2.05) is 12.3 Å². The van der Waals surface area contributed by atoms with Crippen molar-refractivity contribution in [2.75, 3.05) is 13.1 Å². The average Bonchev–Trinajstić information content (AvgIpc) is 2.85. The van der Waals surface area contributed by atoms with E-state index in [1.165, 1.54) is 11.8 Å². The second-order valence-electron chi connectivity index (χ2n) is 3.79. The van der Waals surface area contributed by atoms with Crippen molar-refractivity contribution in [2.24, 2.45) is 0 Å². The van der Waals surface area contributed by atoms with E-state index in [2.05, 4.69) is 33.2 Å². The highest BCUT2D eigenvalue weighted by atomic mass is 15.1.